The van der Waals surface area contributed by atoms with Crippen molar-refractivity contribution >= 4 is 0 Å². The first-order valence-electron chi connectivity index (χ1n) is 7.19. The summed E-state index contributed by atoms with van der Waals surface area (Å²) < 4.78 is 1.72. The van der Waals surface area contributed by atoms with Gasteiger partial charge in [0.05, 0.1) is 24.9 Å². The number of aromatic nitrogens is 3. The fourth-order valence-electron chi connectivity index (χ4n) is 2.68. The molecule has 1 saturated heterocycles. The monoisotopic (exact) mass is 288 g/mol. The van der Waals surface area contributed by atoms with Gasteiger partial charge in [-0.15, -0.1) is 5.10 Å². The Hall–Kier alpha value is -1.76. The van der Waals surface area contributed by atoms with Gasteiger partial charge in [-0.05, 0) is 6.92 Å². The quantitative estimate of drug-likeness (QED) is 0.696. The van der Waals surface area contributed by atoms with Gasteiger partial charge in [0.1, 0.15) is 11.8 Å². The van der Waals surface area contributed by atoms with Crippen molar-refractivity contribution in [3.05, 3.63) is 48.3 Å². The molecule has 2 aliphatic rings. The molecule has 0 amide bonds. The zero-order valence-corrected chi connectivity index (χ0v) is 11.9. The molecule has 1 aromatic rings. The molecule has 4 atom stereocenters. The Morgan fingerprint density at radius 2 is 2.05 bits per heavy atom. The van der Waals surface area contributed by atoms with Crippen LogP contribution in [0.4, 0.5) is 0 Å². The van der Waals surface area contributed by atoms with Gasteiger partial charge in [0.15, 0.2) is 0 Å². The maximum absolute atomic E-state index is 9.99. The highest BCUT2D eigenvalue weighted by molar-refractivity contribution is 5.22. The molecule has 1 aliphatic carbocycles. The Kier molecular flexibility index (Phi) is 4.01. The molecule has 0 radical (unpaired) electrons. The van der Waals surface area contributed by atoms with E-state index in [1.165, 1.54) is 0 Å². The minimum atomic E-state index is -0.852. The molecule has 1 aliphatic heterocycles. The van der Waals surface area contributed by atoms with Crippen molar-refractivity contribution in [1.82, 2.24) is 20.3 Å². The van der Waals surface area contributed by atoms with Crippen molar-refractivity contribution < 1.29 is 10.2 Å². The van der Waals surface area contributed by atoms with Crippen molar-refractivity contribution in [3.63, 3.8) is 0 Å². The second-order valence-corrected chi connectivity index (χ2v) is 5.55. The van der Waals surface area contributed by atoms with Gasteiger partial charge in [-0.3, -0.25) is 0 Å². The average Bonchev–Trinajstić information content (AvgIpc) is 3.18. The summed E-state index contributed by atoms with van der Waals surface area (Å²) in [5.41, 5.74) is 0.653. The lowest BCUT2D eigenvalue weighted by Gasteiger charge is -2.12. The van der Waals surface area contributed by atoms with Crippen molar-refractivity contribution in [2.75, 3.05) is 0 Å². The second-order valence-electron chi connectivity index (χ2n) is 5.55. The summed E-state index contributed by atoms with van der Waals surface area (Å²) in [4.78, 5) is 0. The highest BCUT2D eigenvalue weighted by Crippen LogP contribution is 2.25. The van der Waals surface area contributed by atoms with Crippen molar-refractivity contribution in [2.24, 2.45) is 5.92 Å². The number of aliphatic hydroxyl groups excluding tert-OH is 2. The molecule has 0 aromatic carbocycles. The predicted molar refractivity (Wildman–Crippen MR) is 78.3 cm³/mol. The summed E-state index contributed by atoms with van der Waals surface area (Å²) >= 11 is 0. The Morgan fingerprint density at radius 1 is 1.29 bits per heavy atom. The predicted octanol–water partition coefficient (Wildman–Crippen LogP) is 0.331. The Morgan fingerprint density at radius 3 is 2.71 bits per heavy atom. The number of nitrogens with one attached hydrogen (secondary N) is 1. The molecule has 2 heterocycles. The molecule has 0 spiro atoms. The van der Waals surface area contributed by atoms with Crippen LogP contribution in [0.3, 0.4) is 0 Å². The fourth-order valence-corrected chi connectivity index (χ4v) is 2.68. The molecule has 3 rings (SSSR count). The lowest BCUT2D eigenvalue weighted by atomic mass is 10.1. The maximum Gasteiger partial charge on any atom is 0.102 e. The molecule has 1 fully saturated rings. The summed E-state index contributed by atoms with van der Waals surface area (Å²) in [6.07, 6.45) is 12.6. The van der Waals surface area contributed by atoms with E-state index in [1.54, 1.807) is 10.9 Å². The van der Waals surface area contributed by atoms with Crippen LogP contribution in [0, 0.1) is 5.92 Å². The van der Waals surface area contributed by atoms with Crippen LogP contribution < -0.4 is 5.32 Å². The van der Waals surface area contributed by atoms with Gasteiger partial charge in [0, 0.05) is 12.0 Å². The van der Waals surface area contributed by atoms with E-state index in [4.69, 9.17) is 0 Å². The lowest BCUT2D eigenvalue weighted by molar-refractivity contribution is 0.0295. The summed E-state index contributed by atoms with van der Waals surface area (Å²) in [5.74, 6) is 0.363. The molecular formula is C15H20N4O2. The lowest BCUT2D eigenvalue weighted by Crippen LogP contribution is -2.29. The zero-order valence-electron chi connectivity index (χ0n) is 11.9. The highest BCUT2D eigenvalue weighted by atomic mass is 16.3. The summed E-state index contributed by atoms with van der Waals surface area (Å²) in [6.45, 7) is 2.47. The second kappa shape index (κ2) is 5.93. The molecule has 6 heteroatoms. The summed E-state index contributed by atoms with van der Waals surface area (Å²) in [5, 5.41) is 31.0. The van der Waals surface area contributed by atoms with Crippen molar-refractivity contribution in [2.45, 2.75) is 37.8 Å². The van der Waals surface area contributed by atoms with Crippen LogP contribution in [0.25, 0.3) is 0 Å². The highest BCUT2D eigenvalue weighted by Gasteiger charge is 2.40. The standard InChI is InChI=1S/C15H20N4O2/c1-10-14(20)15(21)13(16-10)12-9-19(18-17-12)8-4-7-11-5-2-3-6-11/h2-7,9-11,13-16,20-21H,8H2,1H3/b7-4+/t10-,13-,14+,15-/m0/s1. The molecule has 0 unspecified atom stereocenters. The minimum Gasteiger partial charge on any atom is -0.389 e. The maximum atomic E-state index is 9.99. The van der Waals surface area contributed by atoms with Gasteiger partial charge >= 0.3 is 0 Å². The van der Waals surface area contributed by atoms with Gasteiger partial charge in [-0.25, -0.2) is 4.68 Å². The molecule has 3 N–H and O–H groups in total. The van der Waals surface area contributed by atoms with Gasteiger partial charge < -0.3 is 15.5 Å². The van der Waals surface area contributed by atoms with Crippen LogP contribution in [0.15, 0.2) is 42.7 Å². The van der Waals surface area contributed by atoms with Crippen molar-refractivity contribution in [1.29, 1.82) is 0 Å². The third kappa shape index (κ3) is 2.97. The number of hydrogen-bond acceptors (Lipinski definition) is 5. The first-order valence-corrected chi connectivity index (χ1v) is 7.19. The molecule has 6 nitrogen and oxygen atoms in total. The number of rotatable bonds is 4. The molecular weight excluding hydrogens is 268 g/mol. The SMILES string of the molecule is C[C@@H]1N[C@@H](c2cn(C/C=C/C3C=CC=C3)nn2)[C@H](O)[C@@H]1O. The topological polar surface area (TPSA) is 83.2 Å². The van der Waals surface area contributed by atoms with Crippen LogP contribution >= 0.6 is 0 Å². The Bertz CT molecular complexity index is 566. The smallest absolute Gasteiger partial charge is 0.102 e. The van der Waals surface area contributed by atoms with Gasteiger partial charge in [0.2, 0.25) is 0 Å². The zero-order chi connectivity index (χ0) is 14.8. The average molecular weight is 288 g/mol. The third-order valence-corrected chi connectivity index (χ3v) is 3.95. The number of nitrogens with zero attached hydrogens (tertiary/aromatic N) is 3. The number of aliphatic hydroxyl groups is 2. The first kappa shape index (κ1) is 14.2. The third-order valence-electron chi connectivity index (χ3n) is 3.95. The Labute approximate surface area is 123 Å². The van der Waals surface area contributed by atoms with E-state index in [0.717, 1.165) is 0 Å². The van der Waals surface area contributed by atoms with Crippen molar-refractivity contribution in [3.8, 4) is 0 Å². The van der Waals surface area contributed by atoms with Crippen LogP contribution in [0.1, 0.15) is 18.7 Å². The number of hydrogen-bond donors (Lipinski definition) is 3. The molecule has 1 aromatic heterocycles. The van der Waals surface area contributed by atoms with E-state index < -0.39 is 12.2 Å². The van der Waals surface area contributed by atoms with E-state index in [0.29, 0.717) is 18.2 Å². The largest absolute Gasteiger partial charge is 0.389 e. The van der Waals surface area contributed by atoms with E-state index in [1.807, 2.05) is 25.2 Å². The summed E-state index contributed by atoms with van der Waals surface area (Å²) in [6, 6.07) is -0.524. The summed E-state index contributed by atoms with van der Waals surface area (Å²) in [7, 11) is 0. The van der Waals surface area contributed by atoms with Gasteiger partial charge in [-0.1, -0.05) is 41.7 Å². The van der Waals surface area contributed by atoms with Crippen LogP contribution in [0.2, 0.25) is 0 Å². The Balaban J connectivity index is 1.61. The normalized spacial score (nSPS) is 32.7. The molecule has 112 valence electrons. The van der Waals surface area contributed by atoms with Crippen LogP contribution in [0.5, 0.6) is 0 Å². The fraction of sp³-hybridized carbons (Fsp3) is 0.467. The van der Waals surface area contributed by atoms with Gasteiger partial charge in [-0.2, -0.15) is 0 Å². The molecule has 0 bridgehead atoms. The molecule has 0 saturated carbocycles. The van der Waals surface area contributed by atoms with E-state index >= 15 is 0 Å². The van der Waals surface area contributed by atoms with Gasteiger partial charge in [0.25, 0.3) is 0 Å². The van der Waals surface area contributed by atoms with E-state index in [9.17, 15) is 10.2 Å². The van der Waals surface area contributed by atoms with E-state index in [-0.39, 0.29) is 12.1 Å². The minimum absolute atomic E-state index is 0.156. The van der Waals surface area contributed by atoms with E-state index in [2.05, 4.69) is 33.9 Å². The number of allylic oxidation sites excluding steroid dienone is 6. The van der Waals surface area contributed by atoms with Crippen LogP contribution in [-0.2, 0) is 6.54 Å². The van der Waals surface area contributed by atoms with Crippen LogP contribution in [-0.4, -0.2) is 43.5 Å². The first-order chi connectivity index (χ1) is 10.1. The molecule has 21 heavy (non-hydrogen) atoms.